The molecule has 3 rings (SSSR count). The van der Waals surface area contributed by atoms with E-state index in [9.17, 15) is 17.3 Å². The number of benzene rings is 2. The van der Waals surface area contributed by atoms with Crippen molar-refractivity contribution < 1.29 is 26.5 Å². The zero-order valence-electron chi connectivity index (χ0n) is 14.4. The van der Waals surface area contributed by atoms with Crippen molar-refractivity contribution >= 4 is 19.4 Å². The van der Waals surface area contributed by atoms with Crippen LogP contribution in [-0.2, 0) is 7.05 Å². The summed E-state index contributed by atoms with van der Waals surface area (Å²) < 4.78 is 46.6. The third kappa shape index (κ3) is 6.59. The fourth-order valence-corrected chi connectivity index (χ4v) is 2.20. The summed E-state index contributed by atoms with van der Waals surface area (Å²) in [7, 11) is -4.08. The highest BCUT2D eigenvalue weighted by atomic mass is 19.5. The molecule has 0 spiro atoms. The smallest absolute Gasteiger partial charge is 0.418 e. The van der Waals surface area contributed by atoms with E-state index in [0.29, 0.717) is 0 Å². The largest absolute Gasteiger partial charge is 0.673 e. The lowest BCUT2D eigenvalue weighted by Crippen LogP contribution is -2.27. The highest BCUT2D eigenvalue weighted by Crippen LogP contribution is 2.19. The normalized spacial score (nSPS) is 11.3. The third-order valence-corrected chi connectivity index (χ3v) is 3.46. The van der Waals surface area contributed by atoms with Crippen molar-refractivity contribution in [2.24, 2.45) is 7.05 Å². The molecule has 0 saturated heterocycles. The van der Waals surface area contributed by atoms with Gasteiger partial charge in [0.05, 0.1) is 6.07 Å². The fourth-order valence-electron chi connectivity index (χ4n) is 2.20. The van der Waals surface area contributed by atoms with E-state index in [1.807, 2.05) is 37.4 Å². The number of hydrogen-bond acceptors (Lipinski definition) is 1. The maximum atomic E-state index is 9.75. The summed E-state index contributed by atoms with van der Waals surface area (Å²) >= 11 is 0. The molecule has 0 atom stereocenters. The molecular formula is C19H18BF4NO. The lowest BCUT2D eigenvalue weighted by Gasteiger charge is -1.94. The summed E-state index contributed by atoms with van der Waals surface area (Å²) in [6.45, 7) is 2.09. The minimum Gasteiger partial charge on any atom is -0.418 e. The second kappa shape index (κ2) is 8.51. The molecule has 0 aliphatic heterocycles. The maximum Gasteiger partial charge on any atom is 0.673 e. The minimum absolute atomic E-state index is 0.877. The summed E-state index contributed by atoms with van der Waals surface area (Å²) in [6.07, 6.45) is 4.17. The fraction of sp³-hybridized carbons (Fsp3) is 0.105. The lowest BCUT2D eigenvalue weighted by atomic mass is 10.1. The average Bonchev–Trinajstić information content (AvgIpc) is 2.95. The van der Waals surface area contributed by atoms with Crippen molar-refractivity contribution in [2.75, 3.05) is 0 Å². The van der Waals surface area contributed by atoms with E-state index in [2.05, 4.69) is 49.4 Å². The van der Waals surface area contributed by atoms with E-state index in [-0.39, 0.29) is 0 Å². The Kier molecular flexibility index (Phi) is 6.38. The van der Waals surface area contributed by atoms with Crippen molar-refractivity contribution in [3.63, 3.8) is 0 Å². The molecule has 0 fully saturated rings. The van der Waals surface area contributed by atoms with E-state index < -0.39 is 7.25 Å². The average molecular weight is 363 g/mol. The molecule has 0 unspecified atom stereocenters. The Morgan fingerprint density at radius 3 is 2.04 bits per heavy atom. The minimum atomic E-state index is -6.00. The molecule has 1 heterocycles. The molecule has 0 bridgehead atoms. The van der Waals surface area contributed by atoms with Gasteiger partial charge >= 0.3 is 7.25 Å². The summed E-state index contributed by atoms with van der Waals surface area (Å²) in [5.74, 6) is 0.877. The first-order valence-corrected chi connectivity index (χ1v) is 7.90. The molecule has 0 aliphatic rings. The van der Waals surface area contributed by atoms with Crippen LogP contribution in [0.3, 0.4) is 0 Å². The monoisotopic (exact) mass is 363 g/mol. The van der Waals surface area contributed by atoms with E-state index >= 15 is 0 Å². The van der Waals surface area contributed by atoms with Gasteiger partial charge in [0.15, 0.2) is 7.05 Å². The van der Waals surface area contributed by atoms with E-state index in [0.717, 1.165) is 17.0 Å². The molecule has 3 aromatic rings. The SMILES string of the molecule is Cc1ccc(C=Cc2cc(-c3ccccc3)o[n+]2C)cc1.F[B-](F)(F)F. The van der Waals surface area contributed by atoms with Crippen molar-refractivity contribution in [2.45, 2.75) is 6.92 Å². The Bertz CT molecular complexity index is 849. The van der Waals surface area contributed by atoms with E-state index in [4.69, 9.17) is 4.52 Å². The number of nitrogens with zero attached hydrogens (tertiary/aromatic N) is 1. The first kappa shape index (κ1) is 19.5. The van der Waals surface area contributed by atoms with Crippen molar-refractivity contribution in [3.8, 4) is 11.3 Å². The summed E-state index contributed by atoms with van der Waals surface area (Å²) in [5.41, 5.74) is 4.58. The van der Waals surface area contributed by atoms with Crippen LogP contribution >= 0.6 is 0 Å². The molecule has 2 nitrogen and oxygen atoms in total. The predicted molar refractivity (Wildman–Crippen MR) is 95.6 cm³/mol. The second-order valence-electron chi connectivity index (χ2n) is 5.63. The van der Waals surface area contributed by atoms with Crippen LogP contribution in [0.5, 0.6) is 0 Å². The topological polar surface area (TPSA) is 17.0 Å². The number of hydrogen-bond donors (Lipinski definition) is 0. The molecule has 7 heteroatoms. The molecule has 0 amide bonds. The van der Waals surface area contributed by atoms with Crippen LogP contribution in [0.25, 0.3) is 23.5 Å². The quantitative estimate of drug-likeness (QED) is 0.339. The van der Waals surface area contributed by atoms with Gasteiger partial charge in [-0.15, -0.1) is 0 Å². The van der Waals surface area contributed by atoms with Crippen LogP contribution in [0.2, 0.25) is 0 Å². The molecule has 2 aromatic carbocycles. The molecule has 0 radical (unpaired) electrons. The van der Waals surface area contributed by atoms with Gasteiger partial charge in [0.2, 0.25) is 5.76 Å². The molecule has 0 N–H and O–H groups in total. The van der Waals surface area contributed by atoms with Crippen LogP contribution < -0.4 is 4.74 Å². The summed E-state index contributed by atoms with van der Waals surface area (Å²) in [5, 5.41) is 0. The Labute approximate surface area is 149 Å². The standard InChI is InChI=1S/C19H18NO.BF4/c1-15-8-10-16(11-9-15)12-13-18-14-19(21-20(18)2)17-6-4-3-5-7-17;2-1(3,4)5/h3-14H,1-2H3;/q+1;-1. The van der Waals surface area contributed by atoms with Crippen molar-refractivity contribution in [3.05, 3.63) is 77.5 Å². The van der Waals surface area contributed by atoms with E-state index in [1.54, 1.807) is 4.74 Å². The Morgan fingerprint density at radius 1 is 0.885 bits per heavy atom. The number of rotatable bonds is 3. The molecule has 136 valence electrons. The number of aryl methyl sites for hydroxylation is 2. The van der Waals surface area contributed by atoms with Gasteiger partial charge in [-0.2, -0.15) is 0 Å². The van der Waals surface area contributed by atoms with Crippen molar-refractivity contribution in [1.29, 1.82) is 0 Å². The van der Waals surface area contributed by atoms with Gasteiger partial charge in [-0.25, -0.2) is 4.52 Å². The highest BCUT2D eigenvalue weighted by Gasteiger charge is 2.20. The molecule has 26 heavy (non-hydrogen) atoms. The van der Waals surface area contributed by atoms with Gasteiger partial charge < -0.3 is 17.3 Å². The zero-order chi connectivity index (χ0) is 19.2. The first-order valence-electron chi connectivity index (χ1n) is 7.90. The van der Waals surface area contributed by atoms with Gasteiger partial charge in [0.1, 0.15) is 0 Å². The van der Waals surface area contributed by atoms with Crippen LogP contribution in [0.4, 0.5) is 17.3 Å². The Morgan fingerprint density at radius 2 is 1.46 bits per heavy atom. The number of aromatic nitrogens is 1. The van der Waals surface area contributed by atoms with Gasteiger partial charge in [-0.1, -0.05) is 60.2 Å². The van der Waals surface area contributed by atoms with Crippen LogP contribution in [-0.4, -0.2) is 7.25 Å². The van der Waals surface area contributed by atoms with E-state index in [1.165, 1.54) is 11.1 Å². The molecule has 1 aromatic heterocycles. The van der Waals surface area contributed by atoms with Crippen LogP contribution in [0.1, 0.15) is 16.8 Å². The van der Waals surface area contributed by atoms with Crippen LogP contribution in [0, 0.1) is 6.92 Å². The number of halogens is 4. The summed E-state index contributed by atoms with van der Waals surface area (Å²) in [4.78, 5) is 0. The first-order chi connectivity index (χ1) is 12.2. The third-order valence-electron chi connectivity index (χ3n) is 3.46. The van der Waals surface area contributed by atoms with Crippen molar-refractivity contribution in [1.82, 2.24) is 0 Å². The summed E-state index contributed by atoms with van der Waals surface area (Å²) in [6, 6.07) is 20.6. The van der Waals surface area contributed by atoms with Gasteiger partial charge in [0, 0.05) is 11.6 Å². The Hall–Kier alpha value is -2.83. The molecule has 0 saturated carbocycles. The zero-order valence-corrected chi connectivity index (χ0v) is 14.4. The predicted octanol–water partition coefficient (Wildman–Crippen LogP) is 5.55. The lowest BCUT2D eigenvalue weighted by molar-refractivity contribution is -0.844. The van der Waals surface area contributed by atoms with Gasteiger partial charge in [-0.3, -0.25) is 0 Å². The second-order valence-corrected chi connectivity index (χ2v) is 5.63. The van der Waals surface area contributed by atoms with Gasteiger partial charge in [0.25, 0.3) is 5.69 Å². The van der Waals surface area contributed by atoms with Gasteiger partial charge in [-0.05, 0) is 23.3 Å². The van der Waals surface area contributed by atoms with Crippen LogP contribution in [0.15, 0.2) is 65.2 Å². The molecular weight excluding hydrogens is 345 g/mol. The highest BCUT2D eigenvalue weighted by molar-refractivity contribution is 6.50. The molecule has 0 aliphatic carbocycles. The maximum absolute atomic E-state index is 9.75. The Balaban J connectivity index is 0.000000431.